The number of methoxy groups -OCH3 is 1. The summed E-state index contributed by atoms with van der Waals surface area (Å²) >= 11 is 0. The number of piperidine rings is 1. The molecule has 2 N–H and O–H groups in total. The Morgan fingerprint density at radius 1 is 1.26 bits per heavy atom. The topological polar surface area (TPSA) is 113 Å². The van der Waals surface area contributed by atoms with Crippen molar-refractivity contribution in [3.8, 4) is 5.75 Å². The molecule has 1 amide bonds. The summed E-state index contributed by atoms with van der Waals surface area (Å²) < 4.78 is 33.0. The summed E-state index contributed by atoms with van der Waals surface area (Å²) in [4.78, 5) is 25.8. The smallest absolute Gasteiger partial charge is 0.308 e. The lowest BCUT2D eigenvalue weighted by Gasteiger charge is -2.37. The van der Waals surface area contributed by atoms with Crippen LogP contribution in [-0.2, 0) is 14.8 Å². The number of nitrogens with one attached hydrogen (secondary N) is 1. The first kappa shape index (κ1) is 19.6. The number of likely N-dealkylation sites (tertiary alicyclic amines) is 1. The van der Waals surface area contributed by atoms with Crippen molar-refractivity contribution >= 4 is 21.9 Å². The highest BCUT2D eigenvalue weighted by Gasteiger charge is 2.36. The third-order valence-electron chi connectivity index (χ3n) is 5.17. The fourth-order valence-corrected chi connectivity index (χ4v) is 4.93. The van der Waals surface area contributed by atoms with Crippen LogP contribution in [0.5, 0.6) is 5.75 Å². The minimum Gasteiger partial charge on any atom is -0.495 e. The molecule has 0 radical (unpaired) electrons. The zero-order chi connectivity index (χ0) is 19.8. The maximum absolute atomic E-state index is 13.0. The predicted octanol–water partition coefficient (Wildman–Crippen LogP) is 1.46. The minimum atomic E-state index is -3.80. The van der Waals surface area contributed by atoms with E-state index in [4.69, 9.17) is 4.74 Å². The number of amides is 1. The maximum Gasteiger partial charge on any atom is 0.308 e. The van der Waals surface area contributed by atoms with Gasteiger partial charge in [0.1, 0.15) is 10.6 Å². The predicted molar refractivity (Wildman–Crippen MR) is 97.2 cm³/mol. The van der Waals surface area contributed by atoms with Crippen molar-refractivity contribution < 1.29 is 27.9 Å². The van der Waals surface area contributed by atoms with Crippen LogP contribution in [0.2, 0.25) is 0 Å². The maximum atomic E-state index is 13.0. The molecule has 2 aliphatic rings. The van der Waals surface area contributed by atoms with Gasteiger partial charge in [-0.1, -0.05) is 0 Å². The van der Waals surface area contributed by atoms with Crippen LogP contribution in [0.1, 0.15) is 43.0 Å². The lowest BCUT2D eigenvalue weighted by atomic mass is 9.90. The molecule has 0 aromatic heterocycles. The van der Waals surface area contributed by atoms with Gasteiger partial charge in [0.2, 0.25) is 10.0 Å². The quantitative estimate of drug-likeness (QED) is 0.753. The van der Waals surface area contributed by atoms with Gasteiger partial charge in [-0.3, -0.25) is 9.59 Å². The molecule has 1 saturated carbocycles. The van der Waals surface area contributed by atoms with E-state index >= 15 is 0 Å². The van der Waals surface area contributed by atoms with E-state index in [2.05, 4.69) is 4.72 Å². The molecule has 8 nitrogen and oxygen atoms in total. The highest BCUT2D eigenvalue weighted by Crippen LogP contribution is 2.30. The summed E-state index contributed by atoms with van der Waals surface area (Å²) in [6.45, 7) is 2.16. The van der Waals surface area contributed by atoms with Crippen LogP contribution in [0.3, 0.4) is 0 Å². The van der Waals surface area contributed by atoms with E-state index in [-0.39, 0.29) is 28.2 Å². The third kappa shape index (κ3) is 4.08. The highest BCUT2D eigenvalue weighted by molar-refractivity contribution is 7.89. The van der Waals surface area contributed by atoms with Crippen LogP contribution in [0, 0.1) is 5.92 Å². The molecule has 3 rings (SSSR count). The molecule has 0 spiro atoms. The van der Waals surface area contributed by atoms with Gasteiger partial charge in [-0.15, -0.1) is 0 Å². The number of carboxylic acids is 1. The molecule has 9 heteroatoms. The molecule has 0 bridgehead atoms. The first-order valence-corrected chi connectivity index (χ1v) is 10.5. The second kappa shape index (κ2) is 7.47. The summed E-state index contributed by atoms with van der Waals surface area (Å²) in [5.41, 5.74) is 0.199. The van der Waals surface area contributed by atoms with Gasteiger partial charge in [0, 0.05) is 24.2 Å². The van der Waals surface area contributed by atoms with E-state index in [1.54, 1.807) is 6.92 Å². The van der Waals surface area contributed by atoms with Crippen molar-refractivity contribution in [3.05, 3.63) is 23.8 Å². The molecule has 1 heterocycles. The van der Waals surface area contributed by atoms with Gasteiger partial charge in [0.05, 0.1) is 13.0 Å². The minimum absolute atomic E-state index is 0.0718. The number of hydrogen-bond acceptors (Lipinski definition) is 5. The summed E-state index contributed by atoms with van der Waals surface area (Å²) in [5, 5.41) is 9.35. The van der Waals surface area contributed by atoms with E-state index in [0.717, 1.165) is 12.8 Å². The SMILES string of the molecule is COc1ccc(C(=O)N2CCC[C@H](C(=O)O)[C@@H]2C)cc1S(=O)(=O)NC1CC1. The van der Waals surface area contributed by atoms with Gasteiger partial charge in [0.15, 0.2) is 0 Å². The van der Waals surface area contributed by atoms with E-state index in [1.165, 1.54) is 30.2 Å². The van der Waals surface area contributed by atoms with E-state index in [0.29, 0.717) is 19.4 Å². The number of carbonyl (C=O) groups is 2. The van der Waals surface area contributed by atoms with Crippen LogP contribution in [-0.4, -0.2) is 56.0 Å². The Morgan fingerprint density at radius 3 is 2.56 bits per heavy atom. The van der Waals surface area contributed by atoms with Crippen LogP contribution in [0.25, 0.3) is 0 Å². The molecule has 2 fully saturated rings. The van der Waals surface area contributed by atoms with Crippen molar-refractivity contribution in [1.82, 2.24) is 9.62 Å². The normalized spacial score (nSPS) is 23.1. The Labute approximate surface area is 158 Å². The molecule has 1 saturated heterocycles. The number of carboxylic acid groups (broad SMARTS) is 1. The molecule has 2 atom stereocenters. The van der Waals surface area contributed by atoms with Crippen molar-refractivity contribution in [1.29, 1.82) is 0 Å². The highest BCUT2D eigenvalue weighted by atomic mass is 32.2. The van der Waals surface area contributed by atoms with Gasteiger partial charge < -0.3 is 14.7 Å². The van der Waals surface area contributed by atoms with E-state index in [9.17, 15) is 23.1 Å². The second-order valence-electron chi connectivity index (χ2n) is 7.09. The van der Waals surface area contributed by atoms with Gasteiger partial charge in [-0.05, 0) is 50.8 Å². The van der Waals surface area contributed by atoms with Crippen LogP contribution in [0.15, 0.2) is 23.1 Å². The average molecular weight is 396 g/mol. The van der Waals surface area contributed by atoms with Crippen molar-refractivity contribution in [2.24, 2.45) is 5.92 Å². The number of rotatable bonds is 6. The van der Waals surface area contributed by atoms with E-state index < -0.39 is 28.0 Å². The summed E-state index contributed by atoms with van der Waals surface area (Å²) in [5.74, 6) is -1.76. The van der Waals surface area contributed by atoms with E-state index in [1.807, 2.05) is 0 Å². The molecular weight excluding hydrogens is 372 g/mol. The summed E-state index contributed by atoms with van der Waals surface area (Å²) in [6, 6.07) is 3.74. The zero-order valence-corrected chi connectivity index (χ0v) is 16.2. The summed E-state index contributed by atoms with van der Waals surface area (Å²) in [6.07, 6.45) is 2.70. The van der Waals surface area contributed by atoms with Crippen LogP contribution in [0.4, 0.5) is 0 Å². The standard InChI is InChI=1S/C18H24N2O6S/c1-11-14(18(22)23)4-3-9-20(11)17(21)12-5-8-15(26-2)16(10-12)27(24,25)19-13-6-7-13/h5,8,10-11,13-14,19H,3-4,6-7,9H2,1-2H3,(H,22,23)/t11-,14-/m0/s1. The van der Waals surface area contributed by atoms with Crippen LogP contribution >= 0.6 is 0 Å². The number of carbonyl (C=O) groups excluding carboxylic acids is 1. The van der Waals surface area contributed by atoms with Crippen molar-refractivity contribution in [2.75, 3.05) is 13.7 Å². The number of aliphatic carboxylic acids is 1. The van der Waals surface area contributed by atoms with Crippen molar-refractivity contribution in [2.45, 2.75) is 49.6 Å². The number of sulfonamides is 1. The molecule has 1 aromatic rings. The fraction of sp³-hybridized carbons (Fsp3) is 0.556. The third-order valence-corrected chi connectivity index (χ3v) is 6.71. The molecule has 1 aromatic carbocycles. The van der Waals surface area contributed by atoms with Gasteiger partial charge in [0.25, 0.3) is 5.91 Å². The molecule has 1 aliphatic carbocycles. The number of benzene rings is 1. The number of hydrogen-bond donors (Lipinski definition) is 2. The lowest BCUT2D eigenvalue weighted by Crippen LogP contribution is -2.49. The number of nitrogens with zero attached hydrogens (tertiary/aromatic N) is 1. The Balaban J connectivity index is 1.91. The zero-order valence-electron chi connectivity index (χ0n) is 15.3. The largest absolute Gasteiger partial charge is 0.495 e. The van der Waals surface area contributed by atoms with Gasteiger partial charge >= 0.3 is 5.97 Å². The lowest BCUT2D eigenvalue weighted by molar-refractivity contribution is -0.144. The molecule has 27 heavy (non-hydrogen) atoms. The van der Waals surface area contributed by atoms with Crippen molar-refractivity contribution in [3.63, 3.8) is 0 Å². The first-order chi connectivity index (χ1) is 12.7. The van der Waals surface area contributed by atoms with Gasteiger partial charge in [-0.25, -0.2) is 13.1 Å². The first-order valence-electron chi connectivity index (χ1n) is 8.98. The Kier molecular flexibility index (Phi) is 5.43. The average Bonchev–Trinajstić information content (AvgIpc) is 3.43. The summed E-state index contributed by atoms with van der Waals surface area (Å²) in [7, 11) is -2.43. The second-order valence-corrected chi connectivity index (χ2v) is 8.77. The Hall–Kier alpha value is -2.13. The van der Waals surface area contributed by atoms with Crippen LogP contribution < -0.4 is 9.46 Å². The monoisotopic (exact) mass is 396 g/mol. The fourth-order valence-electron chi connectivity index (χ4n) is 3.43. The molecule has 0 unspecified atom stereocenters. The molecule has 1 aliphatic heterocycles. The number of ether oxygens (including phenoxy) is 1. The molecular formula is C18H24N2O6S. The Morgan fingerprint density at radius 2 is 1.96 bits per heavy atom. The van der Waals surface area contributed by atoms with Gasteiger partial charge in [-0.2, -0.15) is 0 Å². The Bertz CT molecular complexity index is 849. The molecule has 148 valence electrons.